The smallest absolute Gasteiger partial charge is 0.290 e. The molecule has 0 aromatic heterocycles. The van der Waals surface area contributed by atoms with E-state index < -0.39 is 26.2 Å². The quantitative estimate of drug-likeness (QED) is 0.508. The molecule has 0 radical (unpaired) electrons. The molecule has 0 saturated carbocycles. The van der Waals surface area contributed by atoms with Gasteiger partial charge >= 0.3 is 14.0 Å². The third kappa shape index (κ3) is 2.10. The molecule has 8 heteroatoms. The van der Waals surface area contributed by atoms with Crippen LogP contribution < -0.4 is 0 Å². The van der Waals surface area contributed by atoms with Gasteiger partial charge in [0.2, 0.25) is 6.10 Å². The predicted octanol–water partition coefficient (Wildman–Crippen LogP) is 1.72. The fourth-order valence-electron chi connectivity index (χ4n) is 0.849. The fraction of sp³-hybridized carbons (Fsp3) is 0.667. The lowest BCUT2D eigenvalue weighted by molar-refractivity contribution is -0.196. The maximum atomic E-state index is 12.2. The van der Waals surface area contributed by atoms with Gasteiger partial charge in [-0.15, -0.1) is 6.42 Å². The summed E-state index contributed by atoms with van der Waals surface area (Å²) in [5.41, 5.74) is 0. The highest BCUT2D eigenvalue weighted by Crippen LogP contribution is 2.59. The molecule has 1 rings (SSSR count). The van der Waals surface area contributed by atoms with Gasteiger partial charge in [-0.25, -0.2) is 4.57 Å². The molecule has 1 saturated heterocycles. The van der Waals surface area contributed by atoms with Gasteiger partial charge in [-0.3, -0.25) is 13.6 Å². The predicted molar refractivity (Wildman–Crippen MR) is 39.2 cm³/mol. The Morgan fingerprint density at radius 3 is 2.36 bits per heavy atom. The Kier molecular flexibility index (Phi) is 2.93. The van der Waals surface area contributed by atoms with Crippen molar-refractivity contribution in [2.45, 2.75) is 18.4 Å². The van der Waals surface area contributed by atoms with Crippen molar-refractivity contribution in [1.82, 2.24) is 0 Å². The third-order valence-electron chi connectivity index (χ3n) is 1.47. The largest absolute Gasteiger partial charge is 0.476 e. The summed E-state index contributed by atoms with van der Waals surface area (Å²) in [6.45, 7) is 0. The van der Waals surface area contributed by atoms with Crippen molar-refractivity contribution in [2.75, 3.05) is 7.11 Å². The van der Waals surface area contributed by atoms with Gasteiger partial charge in [-0.05, 0) is 0 Å². The van der Waals surface area contributed by atoms with E-state index >= 15 is 0 Å². The lowest BCUT2D eigenvalue weighted by atomic mass is 10.2. The number of alkyl halides is 3. The first-order valence-corrected chi connectivity index (χ1v) is 4.84. The minimum absolute atomic E-state index is 0.910. The second kappa shape index (κ2) is 3.55. The van der Waals surface area contributed by atoms with Crippen molar-refractivity contribution in [2.24, 2.45) is 0 Å². The molecule has 0 spiro atoms. The van der Waals surface area contributed by atoms with Gasteiger partial charge in [-0.1, -0.05) is 5.92 Å². The van der Waals surface area contributed by atoms with Crippen LogP contribution in [0.15, 0.2) is 0 Å². The number of hydrogen-bond donors (Lipinski definition) is 0. The molecule has 3 unspecified atom stereocenters. The topological polar surface area (TPSA) is 44.8 Å². The van der Waals surface area contributed by atoms with E-state index in [1.807, 2.05) is 0 Å². The van der Waals surface area contributed by atoms with Crippen molar-refractivity contribution in [3.8, 4) is 12.3 Å². The summed E-state index contributed by atoms with van der Waals surface area (Å²) in [6.07, 6.45) is -4.11. The van der Waals surface area contributed by atoms with Crippen molar-refractivity contribution in [1.29, 1.82) is 0 Å². The van der Waals surface area contributed by atoms with Gasteiger partial charge in [0.15, 0.2) is 6.10 Å². The molecular formula is C6H6F3O4P. The first-order valence-electron chi connectivity index (χ1n) is 3.38. The van der Waals surface area contributed by atoms with E-state index in [1.54, 1.807) is 5.92 Å². The Morgan fingerprint density at radius 2 is 2.07 bits per heavy atom. The maximum absolute atomic E-state index is 12.2. The summed E-state index contributed by atoms with van der Waals surface area (Å²) in [7, 11) is -3.23. The minimum atomic E-state index is -4.73. The second-order valence-corrected chi connectivity index (χ2v) is 4.07. The number of halogens is 3. The molecule has 14 heavy (non-hydrogen) atoms. The lowest BCUT2D eigenvalue weighted by Gasteiger charge is -2.14. The molecule has 1 heterocycles. The molecule has 4 nitrogen and oxygen atoms in total. The zero-order valence-corrected chi connectivity index (χ0v) is 7.84. The number of rotatable bonds is 1. The van der Waals surface area contributed by atoms with Crippen LogP contribution in [-0.4, -0.2) is 25.5 Å². The maximum Gasteiger partial charge on any atom is 0.476 e. The summed E-state index contributed by atoms with van der Waals surface area (Å²) < 4.78 is 60.4. The highest BCUT2D eigenvalue weighted by atomic mass is 31.2. The van der Waals surface area contributed by atoms with E-state index in [-0.39, 0.29) is 0 Å². The molecule has 0 N–H and O–H groups in total. The van der Waals surface area contributed by atoms with E-state index in [0.29, 0.717) is 0 Å². The highest BCUT2D eigenvalue weighted by Gasteiger charge is 2.57. The first-order chi connectivity index (χ1) is 6.32. The van der Waals surface area contributed by atoms with Crippen LogP contribution in [0.25, 0.3) is 0 Å². The van der Waals surface area contributed by atoms with E-state index in [9.17, 15) is 17.7 Å². The van der Waals surface area contributed by atoms with Crippen molar-refractivity contribution in [3.05, 3.63) is 0 Å². The molecule has 1 aliphatic heterocycles. The monoisotopic (exact) mass is 230 g/mol. The summed E-state index contributed by atoms with van der Waals surface area (Å²) in [5, 5.41) is 0. The van der Waals surface area contributed by atoms with Gasteiger partial charge < -0.3 is 0 Å². The number of phosphoric acid groups is 1. The van der Waals surface area contributed by atoms with E-state index in [0.717, 1.165) is 7.11 Å². The Hall–Kier alpha value is -0.540. The minimum Gasteiger partial charge on any atom is -0.290 e. The van der Waals surface area contributed by atoms with Crippen LogP contribution in [0.4, 0.5) is 13.2 Å². The van der Waals surface area contributed by atoms with Crippen molar-refractivity contribution in [3.63, 3.8) is 0 Å². The number of hydrogen-bond acceptors (Lipinski definition) is 4. The number of phosphoric ester groups is 1. The molecule has 80 valence electrons. The molecule has 0 aliphatic carbocycles. The average molecular weight is 230 g/mol. The normalized spacial score (nSPS) is 38.2. The van der Waals surface area contributed by atoms with Gasteiger partial charge in [0.1, 0.15) is 0 Å². The van der Waals surface area contributed by atoms with Gasteiger partial charge in [0.25, 0.3) is 0 Å². The van der Waals surface area contributed by atoms with E-state index in [1.165, 1.54) is 0 Å². The van der Waals surface area contributed by atoms with Gasteiger partial charge in [0.05, 0.1) is 0 Å². The van der Waals surface area contributed by atoms with E-state index in [2.05, 4.69) is 13.6 Å². The fourth-order valence-corrected chi connectivity index (χ4v) is 2.03. The zero-order chi connectivity index (χ0) is 11.0. The van der Waals surface area contributed by atoms with Crippen LogP contribution >= 0.6 is 7.82 Å². The summed E-state index contributed by atoms with van der Waals surface area (Å²) in [6, 6.07) is 0. The van der Waals surface area contributed by atoms with Crippen LogP contribution in [0.5, 0.6) is 0 Å². The molecule has 1 fully saturated rings. The Balaban J connectivity index is 2.90. The van der Waals surface area contributed by atoms with Gasteiger partial charge in [0, 0.05) is 7.11 Å². The molecule has 1 aliphatic rings. The molecule has 0 amide bonds. The summed E-state index contributed by atoms with van der Waals surface area (Å²) in [5.74, 6) is 1.69. The van der Waals surface area contributed by atoms with Crippen LogP contribution in [0.1, 0.15) is 0 Å². The van der Waals surface area contributed by atoms with Crippen molar-refractivity contribution < 1.29 is 31.3 Å². The summed E-state index contributed by atoms with van der Waals surface area (Å²) >= 11 is 0. The highest BCUT2D eigenvalue weighted by molar-refractivity contribution is 7.48. The molecule has 3 atom stereocenters. The van der Waals surface area contributed by atoms with Crippen LogP contribution in [0.2, 0.25) is 0 Å². The Morgan fingerprint density at radius 1 is 1.50 bits per heavy atom. The second-order valence-electron chi connectivity index (χ2n) is 2.39. The lowest BCUT2D eigenvalue weighted by Crippen LogP contribution is -2.36. The number of terminal acetylenes is 1. The molecule has 0 aromatic carbocycles. The van der Waals surface area contributed by atoms with Crippen LogP contribution in [0, 0.1) is 12.3 Å². The summed E-state index contributed by atoms with van der Waals surface area (Å²) in [4.78, 5) is 0. The van der Waals surface area contributed by atoms with Crippen molar-refractivity contribution >= 4 is 7.82 Å². The molecule has 0 aromatic rings. The van der Waals surface area contributed by atoms with Crippen LogP contribution in [0.3, 0.4) is 0 Å². The SMILES string of the molecule is C#CC1OP(=O)(OC)OC1C(F)(F)F. The zero-order valence-electron chi connectivity index (χ0n) is 6.95. The first kappa shape index (κ1) is 11.5. The van der Waals surface area contributed by atoms with Gasteiger partial charge in [-0.2, -0.15) is 13.2 Å². The Bertz CT molecular complexity index is 307. The van der Waals surface area contributed by atoms with E-state index in [4.69, 9.17) is 6.42 Å². The Labute approximate surface area is 77.9 Å². The third-order valence-corrected chi connectivity index (χ3v) is 2.89. The van der Waals surface area contributed by atoms with Crippen LogP contribution in [-0.2, 0) is 18.1 Å². The molecule has 0 bridgehead atoms. The standard InChI is InChI=1S/C6H6F3O4P/c1-3-4-5(6(7,8)9)13-14(10,11-2)12-4/h1,4-5H,2H3. The average Bonchev–Trinajstić information content (AvgIpc) is 2.43. The molecular weight excluding hydrogens is 224 g/mol.